The predicted octanol–water partition coefficient (Wildman–Crippen LogP) is -15.6. The van der Waals surface area contributed by atoms with Gasteiger partial charge in [0.05, 0.1) is 0 Å². The molecule has 17 heteroatoms. The first-order valence-electron chi connectivity index (χ1n) is 0.667. The predicted molar refractivity (Wildman–Crippen MR) is 46.6 cm³/mol. The van der Waals surface area contributed by atoms with Gasteiger partial charge >= 0.3 is 37.7 Å². The monoisotopic (exact) mass is 290 g/mol. The van der Waals surface area contributed by atoms with E-state index in [-0.39, 0.29) is 92.5 Å². The molecule has 0 radical (unpaired) electrons. The Morgan fingerprint density at radius 3 is 0.471 bits per heavy atom. The number of rotatable bonds is 0. The van der Waals surface area contributed by atoms with Crippen molar-refractivity contribution in [1.82, 2.24) is 0 Å². The smallest absolute Gasteiger partial charge is 0.759 e. The summed E-state index contributed by atoms with van der Waals surface area (Å²) in [5.74, 6) is 0. The van der Waals surface area contributed by atoms with Gasteiger partial charge in [-0.05, 0) is 0 Å². The second kappa shape index (κ2) is 92.1. The molecule has 14 nitrogen and oxygen atoms in total. The summed E-state index contributed by atoms with van der Waals surface area (Å²) in [7, 11) is -5.17. The zero-order valence-corrected chi connectivity index (χ0v) is 9.86. The maximum absolute atomic E-state index is 8.52. The Morgan fingerprint density at radius 2 is 0.471 bits per heavy atom. The minimum Gasteiger partial charge on any atom is -0.759 e. The molecule has 0 amide bonds. The molecule has 0 aromatic heterocycles. The van der Waals surface area contributed by atoms with Crippen LogP contribution in [0.2, 0.25) is 0 Å². The molecule has 0 spiro atoms. The molecule has 0 atom stereocenters. The summed E-state index contributed by atoms with van der Waals surface area (Å²) in [6.45, 7) is 0. The summed E-state index contributed by atoms with van der Waals surface area (Å²) in [5, 5.41) is 0. The minimum atomic E-state index is -5.17. The Hall–Kier alpha value is 0.665. The van der Waals surface area contributed by atoms with Crippen molar-refractivity contribution in [2.24, 2.45) is 0 Å². The Bertz CT molecular complexity index is 97.4. The Balaban J connectivity index is -0.00000000121. The van der Waals surface area contributed by atoms with Crippen LogP contribution in [0.15, 0.2) is 0 Å². The zero-order valence-electron chi connectivity index (χ0n) is 9.04. The molecule has 0 aliphatic heterocycles. The average Bonchev–Trinajstić information content (AvgIpc) is 0.722. The molecule has 0 saturated heterocycles. The van der Waals surface area contributed by atoms with Crippen LogP contribution < -0.4 is 37.7 Å². The average molecular weight is 290 g/mol. The fraction of sp³-hybridized carbons (Fsp3) is 0. The van der Waals surface area contributed by atoms with Crippen LogP contribution in [0.5, 0.6) is 0 Å². The van der Waals surface area contributed by atoms with E-state index in [4.69, 9.17) is 17.5 Å². The summed E-state index contributed by atoms with van der Waals surface area (Å²) in [6.07, 6.45) is 0. The summed E-state index contributed by atoms with van der Waals surface area (Å²) in [6, 6.07) is 0. The summed E-state index contributed by atoms with van der Waals surface area (Å²) in [5.41, 5.74) is 0. The molecule has 0 aromatic rings. The van der Waals surface area contributed by atoms with Crippen molar-refractivity contribution in [1.29, 1.82) is 0 Å². The SMILES string of the molecule is O.O.O.O.O.O.O.O.O.O.O=S(=O)([O-])[O-].[Li+].[Li+]. The Kier molecular flexibility index (Phi) is 1220. The van der Waals surface area contributed by atoms with Gasteiger partial charge < -0.3 is 63.9 Å². The zero-order chi connectivity index (χ0) is 4.50. The Morgan fingerprint density at radius 1 is 0.471 bits per heavy atom. The largest absolute Gasteiger partial charge is 1.00 e. The van der Waals surface area contributed by atoms with Gasteiger partial charge in [0.15, 0.2) is 0 Å². The van der Waals surface area contributed by atoms with Crippen molar-refractivity contribution in [3.05, 3.63) is 0 Å². The van der Waals surface area contributed by atoms with Gasteiger partial charge in [0.25, 0.3) is 0 Å². The van der Waals surface area contributed by atoms with Gasteiger partial charge in [-0.2, -0.15) is 0 Å². The molecule has 0 bridgehead atoms. The van der Waals surface area contributed by atoms with Crippen molar-refractivity contribution in [2.75, 3.05) is 0 Å². The molecular formula is H20Li2O14S. The van der Waals surface area contributed by atoms with E-state index in [1.165, 1.54) is 0 Å². The maximum Gasteiger partial charge on any atom is 1.00 e. The van der Waals surface area contributed by atoms with Gasteiger partial charge in [-0.1, -0.05) is 0 Å². The van der Waals surface area contributed by atoms with Gasteiger partial charge in [0.1, 0.15) is 0 Å². The van der Waals surface area contributed by atoms with E-state index in [0.29, 0.717) is 0 Å². The summed E-state index contributed by atoms with van der Waals surface area (Å²) >= 11 is 0. The van der Waals surface area contributed by atoms with E-state index in [1.807, 2.05) is 0 Å². The van der Waals surface area contributed by atoms with Gasteiger partial charge in [-0.15, -0.1) is 0 Å². The van der Waals surface area contributed by atoms with Crippen LogP contribution in [-0.4, -0.2) is 72.3 Å². The van der Waals surface area contributed by atoms with Crippen LogP contribution in [0.3, 0.4) is 0 Å². The second-order valence-corrected chi connectivity index (χ2v) is 1.22. The fourth-order valence-electron chi connectivity index (χ4n) is 0. The van der Waals surface area contributed by atoms with Crippen LogP contribution in [0.25, 0.3) is 0 Å². The van der Waals surface area contributed by atoms with Crippen molar-refractivity contribution in [3.63, 3.8) is 0 Å². The molecular weight excluding hydrogens is 270 g/mol. The van der Waals surface area contributed by atoms with Crippen LogP contribution in [0.1, 0.15) is 0 Å². The quantitative estimate of drug-likeness (QED) is 0.237. The molecule has 0 aliphatic rings. The minimum absolute atomic E-state index is 0. The van der Waals surface area contributed by atoms with E-state index in [9.17, 15) is 0 Å². The third kappa shape index (κ3) is 8110. The maximum atomic E-state index is 8.52. The van der Waals surface area contributed by atoms with E-state index in [1.54, 1.807) is 0 Å². The van der Waals surface area contributed by atoms with Crippen LogP contribution >= 0.6 is 0 Å². The number of hydrogen-bond acceptors (Lipinski definition) is 4. The normalized spacial score (nSPS) is 3.41. The van der Waals surface area contributed by atoms with Crippen LogP contribution in [0, 0.1) is 0 Å². The third-order valence-electron chi connectivity index (χ3n) is 0. The molecule has 0 fully saturated rings. The topological polar surface area (TPSA) is 395 Å². The molecule has 17 heavy (non-hydrogen) atoms. The summed E-state index contributed by atoms with van der Waals surface area (Å²) < 4.78 is 34.1. The molecule has 112 valence electrons. The standard InChI is InChI=1S/2Li.H2O4S.10H2O/c;;1-5(2,3)4;;;;;;;;;;/h;;(H2,1,2,3,4);10*1H2/q2*+1;;;;;;;;;;;/p-2. The van der Waals surface area contributed by atoms with Crippen molar-refractivity contribution in [3.8, 4) is 0 Å². The summed E-state index contributed by atoms with van der Waals surface area (Å²) in [4.78, 5) is 0. The second-order valence-electron chi connectivity index (χ2n) is 0.408. The molecule has 0 rings (SSSR count). The van der Waals surface area contributed by atoms with E-state index >= 15 is 0 Å². The fourth-order valence-corrected chi connectivity index (χ4v) is 0. The van der Waals surface area contributed by atoms with Crippen molar-refractivity contribution in [2.45, 2.75) is 0 Å². The molecule has 0 aliphatic carbocycles. The van der Waals surface area contributed by atoms with Gasteiger partial charge in [-0.3, -0.25) is 8.42 Å². The molecule has 20 N–H and O–H groups in total. The molecule has 0 unspecified atom stereocenters. The number of hydrogen-bond donors (Lipinski definition) is 0. The van der Waals surface area contributed by atoms with Crippen molar-refractivity contribution < 1.29 is 110 Å². The Labute approximate surface area is 120 Å². The van der Waals surface area contributed by atoms with Gasteiger partial charge in [-0.25, -0.2) is 0 Å². The van der Waals surface area contributed by atoms with Crippen molar-refractivity contribution >= 4 is 10.4 Å². The van der Waals surface area contributed by atoms with Crippen LogP contribution in [0.4, 0.5) is 0 Å². The first kappa shape index (κ1) is 225. The van der Waals surface area contributed by atoms with Crippen LogP contribution in [-0.2, 0) is 10.4 Å². The van der Waals surface area contributed by atoms with E-state index in [2.05, 4.69) is 0 Å². The van der Waals surface area contributed by atoms with Gasteiger partial charge in [0, 0.05) is 10.4 Å². The first-order chi connectivity index (χ1) is 2.00. The van der Waals surface area contributed by atoms with E-state index < -0.39 is 10.4 Å². The molecule has 0 aromatic carbocycles. The van der Waals surface area contributed by atoms with Gasteiger partial charge in [0.2, 0.25) is 0 Å². The first-order valence-corrected chi connectivity index (χ1v) is 2.00. The van der Waals surface area contributed by atoms with E-state index in [0.717, 1.165) is 0 Å². The third-order valence-corrected chi connectivity index (χ3v) is 0. The molecule has 0 heterocycles. The molecule has 0 saturated carbocycles.